The fraction of sp³-hybridized carbons (Fsp3) is 1.00. The normalized spacial score (nSPS) is 30.5. The van der Waals surface area contributed by atoms with Gasteiger partial charge < -0.3 is 0 Å². The minimum atomic E-state index is -2.60. The second kappa shape index (κ2) is 3.19. The van der Waals surface area contributed by atoms with E-state index in [1.54, 1.807) is 0 Å². The van der Waals surface area contributed by atoms with Gasteiger partial charge in [0.15, 0.2) is 0 Å². The molecule has 0 saturated carbocycles. The van der Waals surface area contributed by atoms with Crippen LogP contribution < -0.4 is 0 Å². The Kier molecular flexibility index (Phi) is 2.68. The van der Waals surface area contributed by atoms with Crippen molar-refractivity contribution in [3.8, 4) is 0 Å². The van der Waals surface area contributed by atoms with Crippen LogP contribution in [0.4, 0.5) is 8.78 Å². The first-order valence-electron chi connectivity index (χ1n) is 4.82. The molecule has 0 aliphatic carbocycles. The van der Waals surface area contributed by atoms with Crippen molar-refractivity contribution in [2.75, 3.05) is 13.6 Å². The lowest BCUT2D eigenvalue weighted by molar-refractivity contribution is -0.179. The van der Waals surface area contributed by atoms with Gasteiger partial charge in [-0.1, -0.05) is 20.8 Å². The van der Waals surface area contributed by atoms with Crippen molar-refractivity contribution in [1.82, 2.24) is 4.90 Å². The molecule has 1 heterocycles. The van der Waals surface area contributed by atoms with Crippen LogP contribution in [0.5, 0.6) is 0 Å². The van der Waals surface area contributed by atoms with Crippen LogP contribution in [0, 0.1) is 11.3 Å². The number of piperidine rings is 1. The molecule has 0 N–H and O–H groups in total. The summed E-state index contributed by atoms with van der Waals surface area (Å²) in [6, 6.07) is -2.60. The summed E-state index contributed by atoms with van der Waals surface area (Å²) in [6.45, 7) is 6.63. The van der Waals surface area contributed by atoms with Gasteiger partial charge in [0.1, 0.15) is 0 Å². The van der Waals surface area contributed by atoms with Gasteiger partial charge >= 0.3 is 6.05 Å². The third-order valence-corrected chi connectivity index (χ3v) is 3.09. The number of likely N-dealkylation sites (tertiary alicyclic amines) is 1. The van der Waals surface area contributed by atoms with Crippen molar-refractivity contribution >= 4 is 0 Å². The van der Waals surface area contributed by atoms with E-state index in [9.17, 15) is 8.78 Å². The molecule has 0 aromatic heterocycles. The van der Waals surface area contributed by atoms with Crippen LogP contribution in [0.25, 0.3) is 0 Å². The number of halogens is 2. The summed E-state index contributed by atoms with van der Waals surface area (Å²) < 4.78 is 26.6. The molecule has 0 bridgehead atoms. The molecule has 1 atom stereocenters. The molecular formula is C10H19F2N. The average Bonchev–Trinajstić information content (AvgIpc) is 1.92. The van der Waals surface area contributed by atoms with Crippen molar-refractivity contribution in [3.63, 3.8) is 0 Å². The largest absolute Gasteiger partial charge is 0.304 e. The maximum atomic E-state index is 13.3. The Labute approximate surface area is 79.1 Å². The number of hydrogen-bond acceptors (Lipinski definition) is 1. The number of rotatable bonds is 0. The van der Waals surface area contributed by atoms with E-state index in [0.29, 0.717) is 6.54 Å². The van der Waals surface area contributed by atoms with Crippen LogP contribution in [0.3, 0.4) is 0 Å². The molecule has 78 valence electrons. The summed E-state index contributed by atoms with van der Waals surface area (Å²) >= 11 is 0. The average molecular weight is 191 g/mol. The molecule has 0 amide bonds. The zero-order chi connectivity index (χ0) is 10.3. The summed E-state index contributed by atoms with van der Waals surface area (Å²) in [4.78, 5) is 1.16. The highest BCUT2D eigenvalue weighted by Crippen LogP contribution is 2.41. The molecule has 0 aromatic carbocycles. The minimum Gasteiger partial charge on any atom is -0.248 e. The maximum absolute atomic E-state index is 13.3. The lowest BCUT2D eigenvalue weighted by atomic mass is 9.74. The van der Waals surface area contributed by atoms with Gasteiger partial charge in [-0.3, -0.25) is 0 Å². The molecule has 1 saturated heterocycles. The molecule has 1 nitrogen and oxygen atoms in total. The van der Waals surface area contributed by atoms with Crippen LogP contribution >= 0.6 is 0 Å². The first-order chi connectivity index (χ1) is 5.73. The van der Waals surface area contributed by atoms with E-state index in [1.165, 1.54) is 7.05 Å². The summed E-state index contributed by atoms with van der Waals surface area (Å²) in [5.74, 6) is 0.138. The van der Waals surface area contributed by atoms with E-state index < -0.39 is 6.05 Å². The van der Waals surface area contributed by atoms with Crippen LogP contribution in [0.2, 0.25) is 0 Å². The van der Waals surface area contributed by atoms with Gasteiger partial charge in [-0.25, -0.2) is 4.90 Å². The number of alkyl halides is 2. The van der Waals surface area contributed by atoms with Crippen LogP contribution in [-0.2, 0) is 0 Å². The van der Waals surface area contributed by atoms with Gasteiger partial charge in [0, 0.05) is 13.0 Å². The van der Waals surface area contributed by atoms with E-state index in [-0.39, 0.29) is 17.8 Å². The SMILES string of the molecule is CN1CCC(C(C)(C)C)CC1(F)F. The zero-order valence-corrected chi connectivity index (χ0v) is 8.90. The first-order valence-corrected chi connectivity index (χ1v) is 4.82. The molecule has 1 fully saturated rings. The molecule has 0 radical (unpaired) electrons. The van der Waals surface area contributed by atoms with Crippen molar-refractivity contribution in [1.29, 1.82) is 0 Å². The van der Waals surface area contributed by atoms with Crippen molar-refractivity contribution in [2.24, 2.45) is 11.3 Å². The lowest BCUT2D eigenvalue weighted by Crippen LogP contribution is -2.47. The highest BCUT2D eigenvalue weighted by molar-refractivity contribution is 4.85. The quantitative estimate of drug-likeness (QED) is 0.532. The van der Waals surface area contributed by atoms with Crippen LogP contribution in [-0.4, -0.2) is 24.5 Å². The van der Waals surface area contributed by atoms with Crippen molar-refractivity contribution in [3.05, 3.63) is 0 Å². The van der Waals surface area contributed by atoms with E-state index in [1.807, 2.05) is 20.8 Å². The lowest BCUT2D eigenvalue weighted by Gasteiger charge is -2.42. The molecule has 1 aliphatic heterocycles. The second-order valence-corrected chi connectivity index (χ2v) is 5.14. The fourth-order valence-corrected chi connectivity index (χ4v) is 1.81. The van der Waals surface area contributed by atoms with Gasteiger partial charge in [-0.2, -0.15) is 8.78 Å². The number of nitrogens with zero attached hydrogens (tertiary/aromatic N) is 1. The topological polar surface area (TPSA) is 3.24 Å². The Hall–Kier alpha value is -0.180. The number of hydrogen-bond donors (Lipinski definition) is 0. The first kappa shape index (κ1) is 10.9. The molecule has 1 aliphatic rings. The Morgan fingerprint density at radius 2 is 1.85 bits per heavy atom. The monoisotopic (exact) mass is 191 g/mol. The highest BCUT2D eigenvalue weighted by Gasteiger charge is 2.44. The third-order valence-electron chi connectivity index (χ3n) is 3.09. The van der Waals surface area contributed by atoms with E-state index in [2.05, 4.69) is 0 Å². The standard InChI is InChI=1S/C10H19F2N/c1-9(2,3)8-5-6-13(4)10(11,12)7-8/h8H,5-7H2,1-4H3. The summed E-state index contributed by atoms with van der Waals surface area (Å²) in [5, 5.41) is 0. The fourth-order valence-electron chi connectivity index (χ4n) is 1.81. The summed E-state index contributed by atoms with van der Waals surface area (Å²) in [7, 11) is 1.50. The van der Waals surface area contributed by atoms with Gasteiger partial charge in [0.05, 0.1) is 0 Å². The van der Waals surface area contributed by atoms with Gasteiger partial charge in [-0.05, 0) is 24.8 Å². The smallest absolute Gasteiger partial charge is 0.248 e. The zero-order valence-electron chi connectivity index (χ0n) is 8.90. The third kappa shape index (κ3) is 2.39. The predicted molar refractivity (Wildman–Crippen MR) is 49.8 cm³/mol. The van der Waals surface area contributed by atoms with Gasteiger partial charge in [-0.15, -0.1) is 0 Å². The molecule has 0 aromatic rings. The molecule has 0 spiro atoms. The van der Waals surface area contributed by atoms with E-state index >= 15 is 0 Å². The maximum Gasteiger partial charge on any atom is 0.304 e. The Bertz CT molecular complexity index is 184. The van der Waals surface area contributed by atoms with Gasteiger partial charge in [0.2, 0.25) is 0 Å². The predicted octanol–water partition coefficient (Wildman–Crippen LogP) is 2.97. The molecule has 13 heavy (non-hydrogen) atoms. The Morgan fingerprint density at radius 3 is 2.23 bits per heavy atom. The molecular weight excluding hydrogens is 172 g/mol. The molecule has 1 unspecified atom stereocenters. The van der Waals surface area contributed by atoms with E-state index in [4.69, 9.17) is 0 Å². The van der Waals surface area contributed by atoms with Crippen molar-refractivity contribution < 1.29 is 8.78 Å². The minimum absolute atomic E-state index is 0.00465. The molecule has 1 rings (SSSR count). The van der Waals surface area contributed by atoms with E-state index in [0.717, 1.165) is 11.3 Å². The van der Waals surface area contributed by atoms with Crippen LogP contribution in [0.15, 0.2) is 0 Å². The summed E-state index contributed by atoms with van der Waals surface area (Å²) in [5.41, 5.74) is 0.00465. The Balaban J connectivity index is 2.66. The summed E-state index contributed by atoms with van der Waals surface area (Å²) in [6.07, 6.45) is 0.891. The van der Waals surface area contributed by atoms with Crippen LogP contribution in [0.1, 0.15) is 33.6 Å². The van der Waals surface area contributed by atoms with Gasteiger partial charge in [0.25, 0.3) is 0 Å². The Morgan fingerprint density at radius 1 is 1.31 bits per heavy atom. The second-order valence-electron chi connectivity index (χ2n) is 5.14. The highest BCUT2D eigenvalue weighted by atomic mass is 19.3. The molecule has 3 heteroatoms. The van der Waals surface area contributed by atoms with Crippen molar-refractivity contribution in [2.45, 2.75) is 39.7 Å².